The molecule has 2 fully saturated rings. The Balaban J connectivity index is 1.43. The second kappa shape index (κ2) is 9.65. The average molecular weight is 395 g/mol. The Bertz CT molecular complexity index is 607. The summed E-state index contributed by atoms with van der Waals surface area (Å²) in [6, 6.07) is 7.56. The van der Waals surface area contributed by atoms with Crippen LogP contribution in [0.5, 0.6) is 0 Å². The molecule has 0 aromatic heterocycles. The van der Waals surface area contributed by atoms with Crippen molar-refractivity contribution >= 4 is 35.2 Å². The monoisotopic (exact) mass is 394 g/mol. The Morgan fingerprint density at radius 2 is 1.54 bits per heavy atom. The van der Waals surface area contributed by atoms with Crippen LogP contribution in [0.15, 0.2) is 29.2 Å². The number of halogens is 1. The molecule has 2 heterocycles. The smallest absolute Gasteiger partial charge is 0.232 e. The van der Waals surface area contributed by atoms with Gasteiger partial charge in [0.1, 0.15) is 0 Å². The maximum atomic E-state index is 12.7. The van der Waals surface area contributed by atoms with Crippen molar-refractivity contribution in [3.05, 3.63) is 29.3 Å². The molecule has 2 amide bonds. The summed E-state index contributed by atoms with van der Waals surface area (Å²) in [6.45, 7) is 3.22. The van der Waals surface area contributed by atoms with Crippen LogP contribution >= 0.6 is 23.4 Å². The van der Waals surface area contributed by atoms with E-state index in [1.807, 2.05) is 29.2 Å². The first-order valence-corrected chi connectivity index (χ1v) is 10.9. The fraction of sp³-hybridized carbons (Fsp3) is 0.600. The van der Waals surface area contributed by atoms with Gasteiger partial charge < -0.3 is 9.80 Å². The Morgan fingerprint density at radius 3 is 2.15 bits per heavy atom. The predicted molar refractivity (Wildman–Crippen MR) is 107 cm³/mol. The molecule has 26 heavy (non-hydrogen) atoms. The topological polar surface area (TPSA) is 40.6 Å². The summed E-state index contributed by atoms with van der Waals surface area (Å²) in [5.41, 5.74) is 0. The Kier molecular flexibility index (Phi) is 7.26. The van der Waals surface area contributed by atoms with Crippen molar-refractivity contribution in [1.29, 1.82) is 0 Å². The van der Waals surface area contributed by atoms with Crippen LogP contribution in [0.2, 0.25) is 5.02 Å². The number of hydrogen-bond acceptors (Lipinski definition) is 3. The van der Waals surface area contributed by atoms with Crippen molar-refractivity contribution in [2.75, 3.05) is 31.9 Å². The molecule has 0 atom stereocenters. The van der Waals surface area contributed by atoms with E-state index in [1.165, 1.54) is 24.6 Å². The number of amides is 2. The van der Waals surface area contributed by atoms with Crippen LogP contribution in [0.25, 0.3) is 0 Å². The number of likely N-dealkylation sites (tertiary alicyclic amines) is 2. The second-order valence-electron chi connectivity index (χ2n) is 7.14. The molecule has 2 saturated heterocycles. The van der Waals surface area contributed by atoms with E-state index in [0.29, 0.717) is 29.8 Å². The van der Waals surface area contributed by atoms with Gasteiger partial charge in [-0.2, -0.15) is 0 Å². The molecular weight excluding hydrogens is 368 g/mol. The summed E-state index contributed by atoms with van der Waals surface area (Å²) < 4.78 is 0. The minimum atomic E-state index is 0.0982. The zero-order valence-electron chi connectivity index (χ0n) is 15.2. The molecule has 0 bridgehead atoms. The van der Waals surface area contributed by atoms with Crippen LogP contribution in [-0.2, 0) is 9.59 Å². The van der Waals surface area contributed by atoms with Crippen molar-refractivity contribution in [2.24, 2.45) is 5.92 Å². The van der Waals surface area contributed by atoms with Gasteiger partial charge in [-0.15, -0.1) is 11.8 Å². The fourth-order valence-corrected chi connectivity index (χ4v) is 4.62. The molecule has 0 N–H and O–H groups in total. The average Bonchev–Trinajstić information content (AvgIpc) is 2.96. The van der Waals surface area contributed by atoms with Gasteiger partial charge in [0.2, 0.25) is 11.8 Å². The Morgan fingerprint density at radius 1 is 0.923 bits per heavy atom. The lowest BCUT2D eigenvalue weighted by Gasteiger charge is -2.34. The SMILES string of the molecule is O=C(CSc1ccc(Cl)cc1)N1CCC(C(=O)N2CCCCCC2)CC1. The summed E-state index contributed by atoms with van der Waals surface area (Å²) in [5, 5.41) is 0.705. The van der Waals surface area contributed by atoms with Gasteiger partial charge in [-0.25, -0.2) is 0 Å². The van der Waals surface area contributed by atoms with Gasteiger partial charge in [0, 0.05) is 42.0 Å². The number of nitrogens with zero attached hydrogens (tertiary/aromatic N) is 2. The number of benzene rings is 1. The molecule has 4 nitrogen and oxygen atoms in total. The maximum Gasteiger partial charge on any atom is 0.232 e. The quantitative estimate of drug-likeness (QED) is 0.722. The third-order valence-corrected chi connectivity index (χ3v) is 6.54. The number of rotatable bonds is 4. The molecule has 2 aliphatic rings. The normalized spacial score (nSPS) is 19.3. The van der Waals surface area contributed by atoms with Gasteiger partial charge in [-0.05, 0) is 49.9 Å². The highest BCUT2D eigenvalue weighted by molar-refractivity contribution is 8.00. The van der Waals surface area contributed by atoms with Crippen molar-refractivity contribution in [1.82, 2.24) is 9.80 Å². The summed E-state index contributed by atoms with van der Waals surface area (Å²) >= 11 is 7.42. The predicted octanol–water partition coefficient (Wildman–Crippen LogP) is 4.07. The lowest BCUT2D eigenvalue weighted by Crippen LogP contribution is -2.45. The third kappa shape index (κ3) is 5.40. The number of hydrogen-bond donors (Lipinski definition) is 0. The van der Waals surface area contributed by atoms with E-state index in [4.69, 9.17) is 11.6 Å². The summed E-state index contributed by atoms with van der Waals surface area (Å²) in [5.74, 6) is 1.01. The van der Waals surface area contributed by atoms with Crippen LogP contribution in [-0.4, -0.2) is 53.5 Å². The summed E-state index contributed by atoms with van der Waals surface area (Å²) in [6.07, 6.45) is 6.33. The van der Waals surface area contributed by atoms with Gasteiger partial charge in [-0.1, -0.05) is 24.4 Å². The van der Waals surface area contributed by atoms with E-state index in [1.54, 1.807) is 0 Å². The van der Waals surface area contributed by atoms with Crippen molar-refractivity contribution in [3.63, 3.8) is 0 Å². The second-order valence-corrected chi connectivity index (χ2v) is 8.62. The molecule has 2 aliphatic heterocycles. The summed E-state index contributed by atoms with van der Waals surface area (Å²) in [4.78, 5) is 30.2. The van der Waals surface area contributed by atoms with Gasteiger partial charge in [0.25, 0.3) is 0 Å². The van der Waals surface area contributed by atoms with E-state index < -0.39 is 0 Å². The largest absolute Gasteiger partial charge is 0.342 e. The minimum Gasteiger partial charge on any atom is -0.342 e. The van der Waals surface area contributed by atoms with Crippen molar-refractivity contribution in [3.8, 4) is 0 Å². The Hall–Kier alpha value is -1.20. The molecule has 0 spiro atoms. The molecule has 0 radical (unpaired) electrons. The van der Waals surface area contributed by atoms with Gasteiger partial charge in [-0.3, -0.25) is 9.59 Å². The van der Waals surface area contributed by atoms with Crippen LogP contribution in [0.1, 0.15) is 38.5 Å². The first kappa shape index (κ1) is 19.6. The fourth-order valence-electron chi connectivity index (χ4n) is 3.69. The summed E-state index contributed by atoms with van der Waals surface area (Å²) in [7, 11) is 0. The molecule has 6 heteroatoms. The van der Waals surface area contributed by atoms with Gasteiger partial charge in [0.05, 0.1) is 5.75 Å². The van der Waals surface area contributed by atoms with E-state index in [-0.39, 0.29) is 11.8 Å². The first-order valence-electron chi connectivity index (χ1n) is 9.58. The third-order valence-electron chi connectivity index (χ3n) is 5.29. The molecule has 0 unspecified atom stereocenters. The van der Waals surface area contributed by atoms with Crippen molar-refractivity contribution < 1.29 is 9.59 Å². The number of thioether (sulfide) groups is 1. The van der Waals surface area contributed by atoms with Crippen LogP contribution in [0, 0.1) is 5.92 Å². The van der Waals surface area contributed by atoms with Crippen LogP contribution < -0.4 is 0 Å². The maximum absolute atomic E-state index is 12.7. The molecular formula is C20H27ClN2O2S. The van der Waals surface area contributed by atoms with E-state index >= 15 is 0 Å². The molecule has 0 aliphatic carbocycles. The number of piperidine rings is 1. The standard InChI is InChI=1S/C20H27ClN2O2S/c21-17-5-7-18(8-6-17)26-15-19(24)22-13-9-16(10-14-22)20(25)23-11-3-1-2-4-12-23/h5-8,16H,1-4,9-15H2. The number of carbonyl (C=O) groups is 2. The molecule has 1 aromatic carbocycles. The highest BCUT2D eigenvalue weighted by atomic mass is 35.5. The zero-order valence-corrected chi connectivity index (χ0v) is 16.7. The highest BCUT2D eigenvalue weighted by Crippen LogP contribution is 2.24. The highest BCUT2D eigenvalue weighted by Gasteiger charge is 2.30. The van der Waals surface area contributed by atoms with E-state index in [0.717, 1.165) is 43.7 Å². The molecule has 0 saturated carbocycles. The van der Waals surface area contributed by atoms with Crippen molar-refractivity contribution in [2.45, 2.75) is 43.4 Å². The lowest BCUT2D eigenvalue weighted by molar-refractivity contribution is -0.139. The zero-order chi connectivity index (χ0) is 18.4. The first-order chi connectivity index (χ1) is 12.6. The van der Waals surface area contributed by atoms with Gasteiger partial charge >= 0.3 is 0 Å². The van der Waals surface area contributed by atoms with Gasteiger partial charge in [0.15, 0.2) is 0 Å². The minimum absolute atomic E-state index is 0.0982. The molecule has 1 aromatic rings. The number of carbonyl (C=O) groups excluding carboxylic acids is 2. The lowest BCUT2D eigenvalue weighted by atomic mass is 9.95. The van der Waals surface area contributed by atoms with Crippen LogP contribution in [0.3, 0.4) is 0 Å². The molecule has 142 valence electrons. The van der Waals surface area contributed by atoms with E-state index in [9.17, 15) is 9.59 Å². The molecule has 3 rings (SSSR count). The van der Waals surface area contributed by atoms with Crippen LogP contribution in [0.4, 0.5) is 0 Å². The Labute approximate surface area is 165 Å². The van der Waals surface area contributed by atoms with E-state index in [2.05, 4.69) is 4.90 Å².